The molecule has 2 aromatic carbocycles. The number of nitrogens with one attached hydrogen (secondary N) is 2. The molecule has 2 amide bonds. The molecule has 0 unspecified atom stereocenters. The van der Waals surface area contributed by atoms with Crippen LogP contribution in [-0.2, 0) is 14.8 Å². The summed E-state index contributed by atoms with van der Waals surface area (Å²) in [5, 5.41) is 0. The van der Waals surface area contributed by atoms with Crippen molar-refractivity contribution in [2.75, 3.05) is 26.8 Å². The van der Waals surface area contributed by atoms with Gasteiger partial charge in [-0.2, -0.15) is 4.31 Å². The second-order valence-electron chi connectivity index (χ2n) is 6.58. The first-order valence-corrected chi connectivity index (χ1v) is 10.8. The number of benzene rings is 2. The van der Waals surface area contributed by atoms with Crippen LogP contribution in [0.2, 0.25) is 0 Å². The number of hydrazine groups is 1. The predicted molar refractivity (Wildman–Crippen MR) is 109 cm³/mol. The molecule has 10 heteroatoms. The van der Waals surface area contributed by atoms with Crippen LogP contribution in [0.5, 0.6) is 11.5 Å². The Bertz CT molecular complexity index is 1020. The van der Waals surface area contributed by atoms with Crippen LogP contribution in [0.1, 0.15) is 23.2 Å². The minimum Gasteiger partial charge on any atom is -0.493 e. The molecule has 160 valence electrons. The molecule has 1 fully saturated rings. The molecule has 0 aromatic heterocycles. The van der Waals surface area contributed by atoms with Crippen LogP contribution in [0.3, 0.4) is 0 Å². The number of carbonyl (C=O) groups is 2. The third-order valence-electron chi connectivity index (χ3n) is 4.54. The Balaban J connectivity index is 1.56. The highest BCUT2D eigenvalue weighted by atomic mass is 32.2. The number of methoxy groups -OCH3 is 1. The van der Waals surface area contributed by atoms with Crippen molar-refractivity contribution < 1.29 is 27.5 Å². The first-order valence-electron chi connectivity index (χ1n) is 9.37. The van der Waals surface area contributed by atoms with E-state index in [1.54, 1.807) is 24.3 Å². The van der Waals surface area contributed by atoms with Gasteiger partial charge in [0.15, 0.2) is 18.1 Å². The number of ether oxygens (including phenoxy) is 2. The number of amides is 2. The van der Waals surface area contributed by atoms with Crippen molar-refractivity contribution in [1.82, 2.24) is 15.2 Å². The third kappa shape index (κ3) is 5.08. The number of hydrogen-bond donors (Lipinski definition) is 2. The van der Waals surface area contributed by atoms with Gasteiger partial charge in [0.1, 0.15) is 0 Å². The summed E-state index contributed by atoms with van der Waals surface area (Å²) in [6.45, 7) is 0.603. The molecule has 0 bridgehead atoms. The molecule has 3 rings (SSSR count). The minimum atomic E-state index is -3.64. The van der Waals surface area contributed by atoms with Gasteiger partial charge in [0.05, 0.1) is 12.0 Å². The molecular formula is C20H23N3O6S. The lowest BCUT2D eigenvalue weighted by atomic mass is 10.2. The Kier molecular flexibility index (Phi) is 6.91. The van der Waals surface area contributed by atoms with Crippen LogP contribution in [0.4, 0.5) is 0 Å². The zero-order valence-corrected chi connectivity index (χ0v) is 17.3. The van der Waals surface area contributed by atoms with E-state index in [-0.39, 0.29) is 17.1 Å². The largest absolute Gasteiger partial charge is 0.493 e. The van der Waals surface area contributed by atoms with Gasteiger partial charge in [0.2, 0.25) is 10.0 Å². The molecule has 1 aliphatic rings. The van der Waals surface area contributed by atoms with Crippen molar-refractivity contribution in [2.24, 2.45) is 0 Å². The number of sulfonamides is 1. The van der Waals surface area contributed by atoms with Gasteiger partial charge in [-0.3, -0.25) is 20.4 Å². The normalized spacial score (nSPS) is 14.2. The number of carbonyl (C=O) groups excluding carboxylic acids is 2. The number of hydrogen-bond acceptors (Lipinski definition) is 6. The molecule has 0 radical (unpaired) electrons. The number of nitrogens with zero attached hydrogens (tertiary/aromatic N) is 1. The Morgan fingerprint density at radius 1 is 1.00 bits per heavy atom. The van der Waals surface area contributed by atoms with E-state index in [4.69, 9.17) is 9.47 Å². The van der Waals surface area contributed by atoms with Crippen molar-refractivity contribution in [3.8, 4) is 11.5 Å². The summed E-state index contributed by atoms with van der Waals surface area (Å²) >= 11 is 0. The predicted octanol–water partition coefficient (Wildman–Crippen LogP) is 1.32. The smallest absolute Gasteiger partial charge is 0.276 e. The fourth-order valence-corrected chi connectivity index (χ4v) is 4.55. The SMILES string of the molecule is COc1ccccc1OCC(=O)NNC(=O)c1cccc(S(=O)(=O)N2CCCC2)c1. The van der Waals surface area contributed by atoms with Crippen LogP contribution in [0.25, 0.3) is 0 Å². The first-order chi connectivity index (χ1) is 14.4. The lowest BCUT2D eigenvalue weighted by Gasteiger charge is -2.16. The molecule has 0 atom stereocenters. The monoisotopic (exact) mass is 433 g/mol. The van der Waals surface area contributed by atoms with Crippen LogP contribution in [-0.4, -0.2) is 51.3 Å². The topological polar surface area (TPSA) is 114 Å². The molecule has 2 N–H and O–H groups in total. The summed E-state index contributed by atoms with van der Waals surface area (Å²) < 4.78 is 37.2. The van der Waals surface area contributed by atoms with Crippen molar-refractivity contribution in [1.29, 1.82) is 0 Å². The van der Waals surface area contributed by atoms with Gasteiger partial charge in [-0.1, -0.05) is 18.2 Å². The lowest BCUT2D eigenvalue weighted by Crippen LogP contribution is -2.43. The van der Waals surface area contributed by atoms with Crippen LogP contribution in [0, 0.1) is 0 Å². The van der Waals surface area contributed by atoms with Gasteiger partial charge in [-0.15, -0.1) is 0 Å². The third-order valence-corrected chi connectivity index (χ3v) is 6.44. The molecule has 30 heavy (non-hydrogen) atoms. The van der Waals surface area contributed by atoms with E-state index in [2.05, 4.69) is 10.9 Å². The minimum absolute atomic E-state index is 0.0443. The summed E-state index contributed by atoms with van der Waals surface area (Å²) in [6.07, 6.45) is 1.64. The zero-order chi connectivity index (χ0) is 21.6. The van der Waals surface area contributed by atoms with E-state index in [0.717, 1.165) is 12.8 Å². The molecule has 0 spiro atoms. The highest BCUT2D eigenvalue weighted by Crippen LogP contribution is 2.25. The molecule has 1 heterocycles. The lowest BCUT2D eigenvalue weighted by molar-refractivity contribution is -0.123. The molecule has 1 saturated heterocycles. The Morgan fingerprint density at radius 2 is 1.70 bits per heavy atom. The van der Waals surface area contributed by atoms with Gasteiger partial charge >= 0.3 is 0 Å². The van der Waals surface area contributed by atoms with E-state index in [0.29, 0.717) is 24.6 Å². The van der Waals surface area contributed by atoms with Crippen LogP contribution < -0.4 is 20.3 Å². The average Bonchev–Trinajstić information content (AvgIpc) is 3.32. The van der Waals surface area contributed by atoms with E-state index in [1.165, 1.54) is 35.7 Å². The Labute approximate surface area is 175 Å². The van der Waals surface area contributed by atoms with E-state index < -0.39 is 21.8 Å². The second-order valence-corrected chi connectivity index (χ2v) is 8.52. The maximum atomic E-state index is 12.6. The van der Waals surface area contributed by atoms with E-state index >= 15 is 0 Å². The molecule has 1 aliphatic heterocycles. The maximum Gasteiger partial charge on any atom is 0.276 e. The van der Waals surface area contributed by atoms with Crippen molar-refractivity contribution in [3.63, 3.8) is 0 Å². The van der Waals surface area contributed by atoms with Gasteiger partial charge < -0.3 is 9.47 Å². The molecule has 2 aromatic rings. The highest BCUT2D eigenvalue weighted by molar-refractivity contribution is 7.89. The maximum absolute atomic E-state index is 12.6. The van der Waals surface area contributed by atoms with Crippen molar-refractivity contribution >= 4 is 21.8 Å². The van der Waals surface area contributed by atoms with E-state index in [9.17, 15) is 18.0 Å². The zero-order valence-electron chi connectivity index (χ0n) is 16.5. The fourth-order valence-electron chi connectivity index (χ4n) is 2.99. The first kappa shape index (κ1) is 21.6. The second kappa shape index (κ2) is 9.59. The molecular weight excluding hydrogens is 410 g/mol. The Morgan fingerprint density at radius 3 is 2.40 bits per heavy atom. The molecule has 0 saturated carbocycles. The summed E-state index contributed by atoms with van der Waals surface area (Å²) in [6, 6.07) is 12.5. The summed E-state index contributed by atoms with van der Waals surface area (Å²) in [5.41, 5.74) is 4.60. The van der Waals surface area contributed by atoms with Gasteiger partial charge in [0.25, 0.3) is 11.8 Å². The fraction of sp³-hybridized carbons (Fsp3) is 0.300. The average molecular weight is 433 g/mol. The quantitative estimate of drug-likeness (QED) is 0.637. The number of rotatable bonds is 7. The summed E-state index contributed by atoms with van der Waals surface area (Å²) in [4.78, 5) is 24.3. The van der Waals surface area contributed by atoms with Gasteiger partial charge in [-0.25, -0.2) is 8.42 Å². The number of para-hydroxylation sites is 2. The van der Waals surface area contributed by atoms with E-state index in [1.807, 2.05) is 0 Å². The van der Waals surface area contributed by atoms with Crippen LogP contribution in [0.15, 0.2) is 53.4 Å². The highest BCUT2D eigenvalue weighted by Gasteiger charge is 2.27. The van der Waals surface area contributed by atoms with Crippen LogP contribution >= 0.6 is 0 Å². The van der Waals surface area contributed by atoms with Crippen molar-refractivity contribution in [3.05, 3.63) is 54.1 Å². The Hall–Kier alpha value is -3.11. The summed E-state index contributed by atoms with van der Waals surface area (Å²) in [7, 11) is -2.15. The van der Waals surface area contributed by atoms with Gasteiger partial charge in [0, 0.05) is 18.7 Å². The standard InChI is InChI=1S/C20H23N3O6S/c1-28-17-9-2-3-10-18(17)29-14-19(24)21-22-20(25)15-7-6-8-16(13-15)30(26,27)23-11-4-5-12-23/h2-3,6-10,13H,4-5,11-12,14H2,1H3,(H,21,24)(H,22,25). The van der Waals surface area contributed by atoms with Gasteiger partial charge in [-0.05, 0) is 43.2 Å². The summed E-state index contributed by atoms with van der Waals surface area (Å²) in [5.74, 6) is -0.360. The van der Waals surface area contributed by atoms with Crippen molar-refractivity contribution in [2.45, 2.75) is 17.7 Å². The molecule has 9 nitrogen and oxygen atoms in total. The molecule has 0 aliphatic carbocycles.